The van der Waals surface area contributed by atoms with Gasteiger partial charge in [-0.05, 0) is 52.7 Å². The third-order valence-electron chi connectivity index (χ3n) is 5.04. The van der Waals surface area contributed by atoms with Crippen LogP contribution in [-0.4, -0.2) is 38.4 Å². The van der Waals surface area contributed by atoms with Crippen molar-refractivity contribution in [2.75, 3.05) is 13.6 Å². The van der Waals surface area contributed by atoms with Crippen molar-refractivity contribution in [2.45, 2.75) is 4.90 Å². The summed E-state index contributed by atoms with van der Waals surface area (Å²) in [5, 5.41) is 5.69. The minimum Gasteiger partial charge on any atom is -0.457 e. The molecule has 0 saturated carbocycles. The van der Waals surface area contributed by atoms with E-state index in [9.17, 15) is 13.2 Å². The Morgan fingerprint density at radius 3 is 2.38 bits per heavy atom. The summed E-state index contributed by atoms with van der Waals surface area (Å²) in [4.78, 5) is 12.4. The Morgan fingerprint density at radius 1 is 0.882 bits per heavy atom. The Bertz CT molecular complexity index is 1440. The minimum atomic E-state index is -3.83. The van der Waals surface area contributed by atoms with Gasteiger partial charge in [-0.2, -0.15) is 9.41 Å². The van der Waals surface area contributed by atoms with E-state index in [1.807, 2.05) is 72.8 Å². The number of carbonyl (C=O) groups is 1. The number of carbonyl (C=O) groups excluding carboxylic acids is 1. The second-order valence-corrected chi connectivity index (χ2v) is 9.60. The summed E-state index contributed by atoms with van der Waals surface area (Å²) < 4.78 is 32.6. The molecule has 1 N–H and O–H groups in total. The Morgan fingerprint density at radius 2 is 1.59 bits per heavy atom. The Balaban J connectivity index is 1.36. The van der Waals surface area contributed by atoms with Crippen molar-refractivity contribution in [1.82, 2.24) is 9.73 Å². The van der Waals surface area contributed by atoms with Gasteiger partial charge >= 0.3 is 0 Å². The SMILES string of the molecule is CN(CC(=O)N/N=C/c1cccc(Oc2ccccc2)c1)S(=O)(=O)c1ccc2ccccc2c1. The van der Waals surface area contributed by atoms with E-state index in [0.717, 1.165) is 15.1 Å². The smallest absolute Gasteiger partial charge is 0.255 e. The van der Waals surface area contributed by atoms with Crippen molar-refractivity contribution in [2.24, 2.45) is 5.10 Å². The van der Waals surface area contributed by atoms with Crippen LogP contribution >= 0.6 is 0 Å². The summed E-state index contributed by atoms with van der Waals surface area (Å²) in [5.74, 6) is 0.781. The molecule has 0 aliphatic rings. The summed E-state index contributed by atoms with van der Waals surface area (Å²) >= 11 is 0. The maximum atomic E-state index is 12.9. The first-order valence-corrected chi connectivity index (χ1v) is 12.0. The Labute approximate surface area is 198 Å². The lowest BCUT2D eigenvalue weighted by atomic mass is 10.1. The number of rotatable bonds is 8. The van der Waals surface area contributed by atoms with Crippen LogP contribution in [-0.2, 0) is 14.8 Å². The number of hydrogen-bond donors (Lipinski definition) is 1. The Kier molecular flexibility index (Phi) is 7.01. The van der Waals surface area contributed by atoms with Crippen LogP contribution in [0.4, 0.5) is 0 Å². The van der Waals surface area contributed by atoms with E-state index in [0.29, 0.717) is 17.1 Å². The van der Waals surface area contributed by atoms with Crippen LogP contribution in [0.3, 0.4) is 0 Å². The molecular weight excluding hydrogens is 450 g/mol. The van der Waals surface area contributed by atoms with Crippen molar-refractivity contribution in [1.29, 1.82) is 0 Å². The first-order chi connectivity index (χ1) is 16.4. The molecule has 0 aromatic heterocycles. The van der Waals surface area contributed by atoms with Gasteiger partial charge in [0.05, 0.1) is 17.7 Å². The summed E-state index contributed by atoms with van der Waals surface area (Å²) in [7, 11) is -2.47. The molecule has 0 radical (unpaired) electrons. The zero-order valence-electron chi connectivity index (χ0n) is 18.5. The number of para-hydroxylation sites is 1. The van der Waals surface area contributed by atoms with Gasteiger partial charge in [-0.3, -0.25) is 4.79 Å². The largest absolute Gasteiger partial charge is 0.457 e. The highest BCUT2D eigenvalue weighted by Gasteiger charge is 2.23. The number of hydrazone groups is 1. The Hall–Kier alpha value is -4.01. The molecule has 4 rings (SSSR count). The molecule has 4 aromatic carbocycles. The lowest BCUT2D eigenvalue weighted by molar-refractivity contribution is -0.121. The summed E-state index contributed by atoms with van der Waals surface area (Å²) in [6, 6.07) is 28.9. The fourth-order valence-electron chi connectivity index (χ4n) is 3.29. The number of nitrogens with zero attached hydrogens (tertiary/aromatic N) is 2. The third-order valence-corrected chi connectivity index (χ3v) is 6.83. The highest BCUT2D eigenvalue weighted by Crippen LogP contribution is 2.22. The molecule has 0 atom stereocenters. The number of fused-ring (bicyclic) bond motifs is 1. The maximum Gasteiger partial charge on any atom is 0.255 e. The monoisotopic (exact) mass is 473 g/mol. The molecule has 0 fully saturated rings. The van der Waals surface area contributed by atoms with Crippen molar-refractivity contribution >= 4 is 32.9 Å². The quantitative estimate of drug-likeness (QED) is 0.303. The van der Waals surface area contributed by atoms with Crippen molar-refractivity contribution in [3.8, 4) is 11.5 Å². The molecule has 34 heavy (non-hydrogen) atoms. The topological polar surface area (TPSA) is 88.1 Å². The predicted octanol–water partition coefficient (Wildman–Crippen LogP) is 4.40. The molecule has 0 heterocycles. The van der Waals surface area contributed by atoms with Gasteiger partial charge in [0.1, 0.15) is 11.5 Å². The summed E-state index contributed by atoms with van der Waals surface area (Å²) in [6.45, 7) is -0.371. The molecular formula is C26H23N3O4S. The van der Waals surface area contributed by atoms with Gasteiger partial charge in [0.2, 0.25) is 10.0 Å². The van der Waals surface area contributed by atoms with Crippen LogP contribution < -0.4 is 10.2 Å². The van der Waals surface area contributed by atoms with Gasteiger partial charge in [0, 0.05) is 7.05 Å². The van der Waals surface area contributed by atoms with Gasteiger partial charge in [-0.1, -0.05) is 60.7 Å². The molecule has 0 bridgehead atoms. The number of likely N-dealkylation sites (N-methyl/N-ethyl adjacent to an activating group) is 1. The molecule has 0 spiro atoms. The van der Waals surface area contributed by atoms with Crippen LogP contribution in [0.25, 0.3) is 10.8 Å². The van der Waals surface area contributed by atoms with Gasteiger partial charge in [0.15, 0.2) is 0 Å². The zero-order valence-corrected chi connectivity index (χ0v) is 19.3. The summed E-state index contributed by atoms with van der Waals surface area (Å²) in [5.41, 5.74) is 3.08. The number of ether oxygens (including phenoxy) is 1. The van der Waals surface area contributed by atoms with E-state index >= 15 is 0 Å². The minimum absolute atomic E-state index is 0.125. The molecule has 7 nitrogen and oxygen atoms in total. The molecule has 172 valence electrons. The predicted molar refractivity (Wildman–Crippen MR) is 132 cm³/mol. The average molecular weight is 474 g/mol. The van der Waals surface area contributed by atoms with Crippen LogP contribution in [0.1, 0.15) is 5.56 Å². The zero-order chi connectivity index (χ0) is 24.0. The van der Waals surface area contributed by atoms with E-state index in [1.165, 1.54) is 19.3 Å². The van der Waals surface area contributed by atoms with Gasteiger partial charge in [-0.15, -0.1) is 0 Å². The maximum absolute atomic E-state index is 12.9. The fraction of sp³-hybridized carbons (Fsp3) is 0.0769. The lowest BCUT2D eigenvalue weighted by Crippen LogP contribution is -2.36. The van der Waals surface area contributed by atoms with E-state index in [-0.39, 0.29) is 11.4 Å². The number of nitrogens with one attached hydrogen (secondary N) is 1. The standard InChI is InChI=1S/C26H23N3O4S/c1-29(34(31,32)25-15-14-21-9-5-6-10-22(21)17-25)19-26(30)28-27-18-20-8-7-13-24(16-20)33-23-11-3-2-4-12-23/h2-18H,19H2,1H3,(H,28,30)/b27-18+. The van der Waals surface area contributed by atoms with Crippen LogP contribution in [0.5, 0.6) is 11.5 Å². The summed E-state index contributed by atoms with van der Waals surface area (Å²) in [6.07, 6.45) is 1.47. The number of hydrogen-bond acceptors (Lipinski definition) is 5. The fourth-order valence-corrected chi connectivity index (χ4v) is 4.46. The lowest BCUT2D eigenvalue weighted by Gasteiger charge is -2.16. The van der Waals surface area contributed by atoms with Crippen molar-refractivity contribution in [3.05, 3.63) is 103 Å². The van der Waals surface area contributed by atoms with E-state index < -0.39 is 15.9 Å². The van der Waals surface area contributed by atoms with E-state index in [2.05, 4.69) is 10.5 Å². The average Bonchev–Trinajstić information content (AvgIpc) is 2.84. The second kappa shape index (κ2) is 10.3. The van der Waals surface area contributed by atoms with Gasteiger partial charge < -0.3 is 4.74 Å². The highest BCUT2D eigenvalue weighted by molar-refractivity contribution is 7.89. The molecule has 1 amide bonds. The van der Waals surface area contributed by atoms with E-state index in [4.69, 9.17) is 4.74 Å². The number of amides is 1. The first-order valence-electron chi connectivity index (χ1n) is 10.5. The van der Waals surface area contributed by atoms with Crippen molar-refractivity contribution in [3.63, 3.8) is 0 Å². The number of benzene rings is 4. The number of sulfonamides is 1. The van der Waals surface area contributed by atoms with Crippen LogP contribution in [0, 0.1) is 0 Å². The molecule has 4 aromatic rings. The van der Waals surface area contributed by atoms with E-state index in [1.54, 1.807) is 18.2 Å². The molecule has 0 aliphatic heterocycles. The first kappa shape index (κ1) is 23.2. The van der Waals surface area contributed by atoms with Gasteiger partial charge in [0.25, 0.3) is 5.91 Å². The van der Waals surface area contributed by atoms with Gasteiger partial charge in [-0.25, -0.2) is 13.8 Å². The molecule has 0 unspecified atom stereocenters. The molecule has 8 heteroatoms. The van der Waals surface area contributed by atoms with Crippen LogP contribution in [0.2, 0.25) is 0 Å². The molecule has 0 aliphatic carbocycles. The van der Waals surface area contributed by atoms with Crippen LogP contribution in [0.15, 0.2) is 107 Å². The van der Waals surface area contributed by atoms with Crippen molar-refractivity contribution < 1.29 is 17.9 Å². The third kappa shape index (κ3) is 5.67. The second-order valence-electron chi connectivity index (χ2n) is 7.55. The molecule has 0 saturated heterocycles. The highest BCUT2D eigenvalue weighted by atomic mass is 32.2. The normalized spacial score (nSPS) is 11.7.